The SMILES string of the molecule is CCNCc1cc(F)ccc1OCCC(=O)N(C)C. The van der Waals surface area contributed by atoms with E-state index < -0.39 is 0 Å². The number of nitrogens with one attached hydrogen (secondary N) is 1. The smallest absolute Gasteiger partial charge is 0.225 e. The summed E-state index contributed by atoms with van der Waals surface area (Å²) in [5, 5.41) is 3.13. The first-order valence-corrected chi connectivity index (χ1v) is 6.36. The van der Waals surface area contributed by atoms with Gasteiger partial charge < -0.3 is 15.0 Å². The maximum atomic E-state index is 13.2. The Hall–Kier alpha value is -1.62. The number of benzene rings is 1. The third-order valence-corrected chi connectivity index (χ3v) is 2.66. The molecule has 1 aromatic carbocycles. The summed E-state index contributed by atoms with van der Waals surface area (Å²) in [6, 6.07) is 4.41. The molecule has 0 unspecified atom stereocenters. The van der Waals surface area contributed by atoms with Crippen LogP contribution in [0.5, 0.6) is 5.75 Å². The maximum Gasteiger partial charge on any atom is 0.225 e. The van der Waals surface area contributed by atoms with Crippen LogP contribution in [0.2, 0.25) is 0 Å². The summed E-state index contributed by atoms with van der Waals surface area (Å²) in [6.07, 6.45) is 0.311. The second-order valence-electron chi connectivity index (χ2n) is 4.42. The van der Waals surface area contributed by atoms with E-state index >= 15 is 0 Å². The van der Waals surface area contributed by atoms with E-state index in [0.717, 1.165) is 12.1 Å². The number of hydrogen-bond acceptors (Lipinski definition) is 3. The van der Waals surface area contributed by atoms with Crippen molar-refractivity contribution >= 4 is 5.91 Å². The number of hydrogen-bond donors (Lipinski definition) is 1. The van der Waals surface area contributed by atoms with Crippen molar-refractivity contribution in [2.75, 3.05) is 27.2 Å². The Morgan fingerprint density at radius 3 is 2.79 bits per heavy atom. The Kier molecular flexibility index (Phi) is 6.29. The molecule has 1 rings (SSSR count). The minimum Gasteiger partial charge on any atom is -0.493 e. The number of halogens is 1. The van der Waals surface area contributed by atoms with E-state index in [1.54, 1.807) is 20.2 Å². The largest absolute Gasteiger partial charge is 0.493 e. The lowest BCUT2D eigenvalue weighted by Gasteiger charge is -2.13. The highest BCUT2D eigenvalue weighted by atomic mass is 19.1. The van der Waals surface area contributed by atoms with E-state index in [-0.39, 0.29) is 11.7 Å². The number of carbonyl (C=O) groups excluding carboxylic acids is 1. The van der Waals surface area contributed by atoms with Crippen LogP contribution in [0, 0.1) is 5.82 Å². The van der Waals surface area contributed by atoms with Gasteiger partial charge in [0.05, 0.1) is 13.0 Å². The third kappa shape index (κ3) is 5.26. The third-order valence-electron chi connectivity index (χ3n) is 2.66. The molecule has 5 heteroatoms. The number of rotatable bonds is 7. The summed E-state index contributed by atoms with van der Waals surface area (Å²) in [4.78, 5) is 12.9. The number of carbonyl (C=O) groups is 1. The van der Waals surface area contributed by atoms with Crippen molar-refractivity contribution in [3.63, 3.8) is 0 Å². The van der Waals surface area contributed by atoms with Gasteiger partial charge in [0.15, 0.2) is 0 Å². The summed E-state index contributed by atoms with van der Waals surface area (Å²) in [5.41, 5.74) is 0.763. The quantitative estimate of drug-likeness (QED) is 0.820. The lowest BCUT2D eigenvalue weighted by molar-refractivity contribution is -0.129. The summed E-state index contributed by atoms with van der Waals surface area (Å²) < 4.78 is 18.7. The lowest BCUT2D eigenvalue weighted by atomic mass is 10.2. The standard InChI is InChI=1S/C14H21FN2O2/c1-4-16-10-11-9-12(15)5-6-13(11)19-8-7-14(18)17(2)3/h5-6,9,16H,4,7-8,10H2,1-3H3. The predicted octanol–water partition coefficient (Wildman–Crippen LogP) is 1.79. The number of nitrogens with zero attached hydrogens (tertiary/aromatic N) is 1. The molecule has 0 aliphatic heterocycles. The molecule has 0 saturated carbocycles. The average molecular weight is 268 g/mol. The second-order valence-corrected chi connectivity index (χ2v) is 4.42. The second kappa shape index (κ2) is 7.74. The molecule has 0 heterocycles. The van der Waals surface area contributed by atoms with Gasteiger partial charge in [-0.15, -0.1) is 0 Å². The van der Waals surface area contributed by atoms with Gasteiger partial charge in [0, 0.05) is 26.2 Å². The van der Waals surface area contributed by atoms with Crippen molar-refractivity contribution in [3.8, 4) is 5.75 Å². The molecule has 0 aliphatic rings. The fraction of sp³-hybridized carbons (Fsp3) is 0.500. The van der Waals surface area contributed by atoms with E-state index in [1.807, 2.05) is 6.92 Å². The molecule has 1 aromatic rings. The van der Waals surface area contributed by atoms with Gasteiger partial charge in [-0.2, -0.15) is 0 Å². The average Bonchev–Trinajstić information content (AvgIpc) is 2.38. The molecule has 0 spiro atoms. The van der Waals surface area contributed by atoms with Crippen LogP contribution in [-0.4, -0.2) is 38.1 Å². The van der Waals surface area contributed by atoms with Crippen LogP contribution in [0.1, 0.15) is 18.9 Å². The van der Waals surface area contributed by atoms with Crippen LogP contribution in [0.15, 0.2) is 18.2 Å². The van der Waals surface area contributed by atoms with Gasteiger partial charge >= 0.3 is 0 Å². The first kappa shape index (κ1) is 15.4. The first-order chi connectivity index (χ1) is 9.04. The normalized spacial score (nSPS) is 10.3. The Balaban J connectivity index is 2.59. The fourth-order valence-electron chi connectivity index (χ4n) is 1.56. The van der Waals surface area contributed by atoms with E-state index in [2.05, 4.69) is 5.32 Å². The molecular weight excluding hydrogens is 247 g/mol. The predicted molar refractivity (Wildman–Crippen MR) is 72.6 cm³/mol. The molecule has 0 aliphatic carbocycles. The van der Waals surface area contributed by atoms with E-state index in [0.29, 0.717) is 25.3 Å². The van der Waals surface area contributed by atoms with Gasteiger partial charge in [-0.25, -0.2) is 4.39 Å². The molecule has 0 radical (unpaired) electrons. The molecule has 0 atom stereocenters. The van der Waals surface area contributed by atoms with E-state index in [1.165, 1.54) is 17.0 Å². The molecule has 4 nitrogen and oxygen atoms in total. The van der Waals surface area contributed by atoms with Crippen LogP contribution in [0.3, 0.4) is 0 Å². The number of amides is 1. The van der Waals surface area contributed by atoms with Crippen molar-refractivity contribution < 1.29 is 13.9 Å². The van der Waals surface area contributed by atoms with Gasteiger partial charge in [-0.1, -0.05) is 6.92 Å². The van der Waals surface area contributed by atoms with Gasteiger partial charge in [0.25, 0.3) is 0 Å². The first-order valence-electron chi connectivity index (χ1n) is 6.36. The van der Waals surface area contributed by atoms with Crippen LogP contribution in [0.25, 0.3) is 0 Å². The zero-order valence-electron chi connectivity index (χ0n) is 11.7. The summed E-state index contributed by atoms with van der Waals surface area (Å²) >= 11 is 0. The van der Waals surface area contributed by atoms with Crippen molar-refractivity contribution in [1.82, 2.24) is 10.2 Å². The highest BCUT2D eigenvalue weighted by Gasteiger charge is 2.08. The zero-order valence-corrected chi connectivity index (χ0v) is 11.7. The van der Waals surface area contributed by atoms with Gasteiger partial charge in [-0.05, 0) is 24.7 Å². The summed E-state index contributed by atoms with van der Waals surface area (Å²) in [6.45, 7) is 3.62. The Labute approximate surface area is 113 Å². The molecule has 0 fully saturated rings. The molecular formula is C14H21FN2O2. The molecule has 19 heavy (non-hydrogen) atoms. The fourth-order valence-corrected chi connectivity index (χ4v) is 1.56. The Morgan fingerprint density at radius 1 is 1.42 bits per heavy atom. The monoisotopic (exact) mass is 268 g/mol. The maximum absolute atomic E-state index is 13.2. The highest BCUT2D eigenvalue weighted by molar-refractivity contribution is 5.75. The van der Waals surface area contributed by atoms with Crippen LogP contribution in [-0.2, 0) is 11.3 Å². The Bertz CT molecular complexity index is 422. The molecule has 1 N–H and O–H groups in total. The topological polar surface area (TPSA) is 41.6 Å². The zero-order chi connectivity index (χ0) is 14.3. The molecule has 1 amide bonds. The molecule has 0 bridgehead atoms. The minimum atomic E-state index is -0.287. The van der Waals surface area contributed by atoms with Crippen molar-refractivity contribution in [3.05, 3.63) is 29.6 Å². The summed E-state index contributed by atoms with van der Waals surface area (Å²) in [5.74, 6) is 0.342. The highest BCUT2D eigenvalue weighted by Crippen LogP contribution is 2.19. The van der Waals surface area contributed by atoms with Crippen molar-refractivity contribution in [2.24, 2.45) is 0 Å². The molecule has 0 aromatic heterocycles. The van der Waals surface area contributed by atoms with E-state index in [9.17, 15) is 9.18 Å². The van der Waals surface area contributed by atoms with E-state index in [4.69, 9.17) is 4.74 Å². The molecule has 0 saturated heterocycles. The van der Waals surface area contributed by atoms with Crippen LogP contribution >= 0.6 is 0 Å². The van der Waals surface area contributed by atoms with Gasteiger partial charge in [0.1, 0.15) is 11.6 Å². The minimum absolute atomic E-state index is 0.00958. The van der Waals surface area contributed by atoms with Crippen molar-refractivity contribution in [1.29, 1.82) is 0 Å². The molecule has 106 valence electrons. The van der Waals surface area contributed by atoms with Crippen LogP contribution in [0.4, 0.5) is 4.39 Å². The van der Waals surface area contributed by atoms with Gasteiger partial charge in [-0.3, -0.25) is 4.79 Å². The van der Waals surface area contributed by atoms with Crippen molar-refractivity contribution in [2.45, 2.75) is 19.9 Å². The van der Waals surface area contributed by atoms with Gasteiger partial charge in [0.2, 0.25) is 5.91 Å². The van der Waals surface area contributed by atoms with Crippen LogP contribution < -0.4 is 10.1 Å². The number of ether oxygens (including phenoxy) is 1. The lowest BCUT2D eigenvalue weighted by Crippen LogP contribution is -2.23. The Morgan fingerprint density at radius 2 is 2.16 bits per heavy atom. The summed E-state index contributed by atoms with van der Waals surface area (Å²) in [7, 11) is 3.41.